The van der Waals surface area contributed by atoms with Gasteiger partial charge in [0.05, 0.1) is 0 Å². The predicted octanol–water partition coefficient (Wildman–Crippen LogP) is 1.58. The quantitative estimate of drug-likeness (QED) is 0.473. The number of benzene rings is 1. The van der Waals surface area contributed by atoms with Gasteiger partial charge in [0.1, 0.15) is 11.6 Å². The summed E-state index contributed by atoms with van der Waals surface area (Å²) in [6, 6.07) is 3.41. The largest absolute Gasteiger partial charge is 0.356 e. The summed E-state index contributed by atoms with van der Waals surface area (Å²) in [5.41, 5.74) is 0.279. The fraction of sp³-hybridized carbons (Fsp3) is 0.500. The first-order valence-electron chi connectivity index (χ1n) is 6.56. The number of hydrogen-bond acceptors (Lipinski definition) is 2. The molecule has 0 aliphatic heterocycles. The van der Waals surface area contributed by atoms with Crippen LogP contribution in [0.4, 0.5) is 8.78 Å². The molecule has 0 aromatic heterocycles. The van der Waals surface area contributed by atoms with E-state index in [0.717, 1.165) is 31.6 Å². The van der Waals surface area contributed by atoms with Crippen LogP contribution >= 0.6 is 0 Å². The second-order valence-corrected chi connectivity index (χ2v) is 4.75. The Hall–Kier alpha value is -1.69. The molecular formula is C14H22F2N4. The zero-order valence-corrected chi connectivity index (χ0v) is 12.2. The highest BCUT2D eigenvalue weighted by Crippen LogP contribution is 2.08. The Morgan fingerprint density at radius 1 is 1.25 bits per heavy atom. The topological polar surface area (TPSA) is 39.7 Å². The third-order valence-electron chi connectivity index (χ3n) is 2.75. The Balaban J connectivity index is 2.40. The monoisotopic (exact) mass is 284 g/mol. The van der Waals surface area contributed by atoms with Crippen molar-refractivity contribution in [1.29, 1.82) is 0 Å². The fourth-order valence-corrected chi connectivity index (χ4v) is 1.68. The van der Waals surface area contributed by atoms with E-state index in [9.17, 15) is 8.78 Å². The number of nitrogens with one attached hydrogen (secondary N) is 2. The van der Waals surface area contributed by atoms with Crippen molar-refractivity contribution >= 4 is 5.96 Å². The highest BCUT2D eigenvalue weighted by atomic mass is 19.1. The molecule has 112 valence electrons. The summed E-state index contributed by atoms with van der Waals surface area (Å²) in [4.78, 5) is 6.13. The van der Waals surface area contributed by atoms with Gasteiger partial charge < -0.3 is 15.5 Å². The fourth-order valence-electron chi connectivity index (χ4n) is 1.68. The van der Waals surface area contributed by atoms with Gasteiger partial charge in [0.25, 0.3) is 0 Å². The molecule has 6 heteroatoms. The minimum absolute atomic E-state index is 0.191. The molecule has 0 unspecified atom stereocenters. The van der Waals surface area contributed by atoms with E-state index in [1.165, 1.54) is 6.07 Å². The molecule has 0 saturated carbocycles. The smallest absolute Gasteiger partial charge is 0.191 e. The summed E-state index contributed by atoms with van der Waals surface area (Å²) < 4.78 is 26.5. The average Bonchev–Trinajstić information content (AvgIpc) is 2.41. The molecule has 0 fully saturated rings. The number of halogens is 2. The van der Waals surface area contributed by atoms with E-state index < -0.39 is 11.6 Å². The Bertz CT molecular complexity index is 447. The van der Waals surface area contributed by atoms with Gasteiger partial charge in [0, 0.05) is 25.7 Å². The normalized spacial score (nSPS) is 11.8. The Morgan fingerprint density at radius 3 is 2.65 bits per heavy atom. The van der Waals surface area contributed by atoms with Gasteiger partial charge in [-0.3, -0.25) is 4.99 Å². The maximum Gasteiger partial charge on any atom is 0.191 e. The van der Waals surface area contributed by atoms with Crippen molar-refractivity contribution in [2.24, 2.45) is 4.99 Å². The lowest BCUT2D eigenvalue weighted by molar-refractivity contribution is 0.399. The molecule has 0 amide bonds. The molecule has 20 heavy (non-hydrogen) atoms. The van der Waals surface area contributed by atoms with Crippen LogP contribution in [0, 0.1) is 11.6 Å². The molecule has 4 nitrogen and oxygen atoms in total. The second-order valence-electron chi connectivity index (χ2n) is 4.75. The molecule has 0 radical (unpaired) electrons. The van der Waals surface area contributed by atoms with E-state index in [4.69, 9.17) is 0 Å². The van der Waals surface area contributed by atoms with Crippen molar-refractivity contribution in [2.45, 2.75) is 13.0 Å². The van der Waals surface area contributed by atoms with Crippen LogP contribution in [-0.4, -0.2) is 45.1 Å². The zero-order valence-electron chi connectivity index (χ0n) is 12.2. The highest BCUT2D eigenvalue weighted by Gasteiger charge is 2.05. The first kappa shape index (κ1) is 16.4. The summed E-state index contributed by atoms with van der Waals surface area (Å²) in [5.74, 6) is -0.300. The average molecular weight is 284 g/mol. The van der Waals surface area contributed by atoms with E-state index in [0.29, 0.717) is 5.96 Å². The van der Waals surface area contributed by atoms with Crippen LogP contribution in [0.3, 0.4) is 0 Å². The van der Waals surface area contributed by atoms with E-state index in [1.54, 1.807) is 7.05 Å². The number of rotatable bonds is 6. The molecular weight excluding hydrogens is 262 g/mol. The first-order chi connectivity index (χ1) is 9.52. The number of aliphatic imine (C=N–C) groups is 1. The maximum absolute atomic E-state index is 13.4. The standard InChI is InChI=1S/C14H22F2N4/c1-17-14(18-7-4-8-20(2)3)19-10-11-9-12(15)5-6-13(11)16/h5-6,9H,4,7-8,10H2,1-3H3,(H2,17,18,19). The van der Waals surface area contributed by atoms with Crippen molar-refractivity contribution in [2.75, 3.05) is 34.2 Å². The van der Waals surface area contributed by atoms with Crippen LogP contribution in [0.25, 0.3) is 0 Å². The number of hydrogen-bond donors (Lipinski definition) is 2. The van der Waals surface area contributed by atoms with E-state index in [-0.39, 0.29) is 12.1 Å². The summed E-state index contributed by atoms with van der Waals surface area (Å²) in [5, 5.41) is 6.09. The third kappa shape index (κ3) is 5.97. The zero-order chi connectivity index (χ0) is 15.0. The van der Waals surface area contributed by atoms with Crippen LogP contribution in [-0.2, 0) is 6.54 Å². The van der Waals surface area contributed by atoms with Crippen molar-refractivity contribution in [1.82, 2.24) is 15.5 Å². The molecule has 1 aromatic rings. The van der Waals surface area contributed by atoms with E-state index >= 15 is 0 Å². The Morgan fingerprint density at radius 2 is 2.00 bits per heavy atom. The van der Waals surface area contributed by atoms with Gasteiger partial charge in [-0.25, -0.2) is 8.78 Å². The first-order valence-corrected chi connectivity index (χ1v) is 6.56. The van der Waals surface area contributed by atoms with Crippen molar-refractivity contribution in [3.8, 4) is 0 Å². The predicted molar refractivity (Wildman–Crippen MR) is 77.7 cm³/mol. The Kier molecular flexibility index (Phi) is 6.93. The molecule has 1 aromatic carbocycles. The van der Waals surface area contributed by atoms with Gasteiger partial charge in [-0.2, -0.15) is 0 Å². The molecule has 2 N–H and O–H groups in total. The van der Waals surface area contributed by atoms with Gasteiger partial charge in [0.15, 0.2) is 5.96 Å². The minimum Gasteiger partial charge on any atom is -0.356 e. The van der Waals surface area contributed by atoms with Gasteiger partial charge in [0.2, 0.25) is 0 Å². The SMILES string of the molecule is CN=C(NCCCN(C)C)NCc1cc(F)ccc1F. The van der Waals surface area contributed by atoms with E-state index in [2.05, 4.69) is 20.5 Å². The number of guanidine groups is 1. The maximum atomic E-state index is 13.4. The lowest BCUT2D eigenvalue weighted by Gasteiger charge is -2.14. The summed E-state index contributed by atoms with van der Waals surface area (Å²) in [7, 11) is 5.67. The Labute approximate surface area is 118 Å². The summed E-state index contributed by atoms with van der Waals surface area (Å²) >= 11 is 0. The molecule has 0 heterocycles. The summed E-state index contributed by atoms with van der Waals surface area (Å²) in [6.45, 7) is 1.93. The van der Waals surface area contributed by atoms with Crippen molar-refractivity contribution in [3.63, 3.8) is 0 Å². The van der Waals surface area contributed by atoms with Crippen LogP contribution in [0.2, 0.25) is 0 Å². The summed E-state index contributed by atoms with van der Waals surface area (Å²) in [6.07, 6.45) is 0.974. The van der Waals surface area contributed by atoms with E-state index in [1.807, 2.05) is 14.1 Å². The second kappa shape index (κ2) is 8.47. The highest BCUT2D eigenvalue weighted by molar-refractivity contribution is 5.79. The number of nitrogens with zero attached hydrogens (tertiary/aromatic N) is 2. The van der Waals surface area contributed by atoms with Crippen LogP contribution in [0.5, 0.6) is 0 Å². The van der Waals surface area contributed by atoms with Gasteiger partial charge >= 0.3 is 0 Å². The van der Waals surface area contributed by atoms with Crippen LogP contribution < -0.4 is 10.6 Å². The van der Waals surface area contributed by atoms with Gasteiger partial charge in [-0.1, -0.05) is 0 Å². The molecule has 0 aliphatic rings. The molecule has 0 bridgehead atoms. The van der Waals surface area contributed by atoms with Crippen LogP contribution in [0.15, 0.2) is 23.2 Å². The van der Waals surface area contributed by atoms with Crippen LogP contribution in [0.1, 0.15) is 12.0 Å². The lowest BCUT2D eigenvalue weighted by Crippen LogP contribution is -2.38. The third-order valence-corrected chi connectivity index (χ3v) is 2.75. The van der Waals surface area contributed by atoms with Crippen molar-refractivity contribution in [3.05, 3.63) is 35.4 Å². The molecule has 0 aliphatic carbocycles. The van der Waals surface area contributed by atoms with Gasteiger partial charge in [-0.05, 0) is 45.3 Å². The minimum atomic E-state index is -0.447. The molecule has 0 spiro atoms. The lowest BCUT2D eigenvalue weighted by atomic mass is 10.2. The molecule has 0 saturated heterocycles. The molecule has 0 atom stereocenters. The van der Waals surface area contributed by atoms with Gasteiger partial charge in [-0.15, -0.1) is 0 Å². The molecule has 1 rings (SSSR count). The van der Waals surface area contributed by atoms with Crippen molar-refractivity contribution < 1.29 is 8.78 Å².